The third kappa shape index (κ3) is 12.3. The fourth-order valence-corrected chi connectivity index (χ4v) is 5.03. The zero-order valence-electron chi connectivity index (χ0n) is 19.8. The third-order valence-electron chi connectivity index (χ3n) is 6.75. The number of hydrogen-bond donors (Lipinski definition) is 0. The van der Waals surface area contributed by atoms with Crippen molar-refractivity contribution in [2.24, 2.45) is 29.6 Å². The second-order valence-electron chi connectivity index (χ2n) is 9.92. The van der Waals surface area contributed by atoms with Crippen LogP contribution < -0.4 is 0 Å². The van der Waals surface area contributed by atoms with Crippen molar-refractivity contribution < 1.29 is 0 Å². The predicted molar refractivity (Wildman–Crippen MR) is 142 cm³/mol. The lowest BCUT2D eigenvalue weighted by Crippen LogP contribution is -2.09. The quantitative estimate of drug-likeness (QED) is 0.0636. The molecule has 6 unspecified atom stereocenters. The molecule has 0 saturated heterocycles. The van der Waals surface area contributed by atoms with Gasteiger partial charge in [0, 0.05) is 3.92 Å². The first kappa shape index (κ1) is 26.9. The molecular weight excluding hydrogens is 463 g/mol. The Kier molecular flexibility index (Phi) is 14.4. The first-order valence-electron chi connectivity index (χ1n) is 12.3. The van der Waals surface area contributed by atoms with Crippen LogP contribution in [0.1, 0.15) is 98.3 Å². The molecule has 0 spiro atoms. The van der Waals surface area contributed by atoms with Gasteiger partial charge < -0.3 is 0 Å². The van der Waals surface area contributed by atoms with Gasteiger partial charge in [0.2, 0.25) is 0 Å². The first-order valence-corrected chi connectivity index (χ1v) is 13.6. The minimum atomic E-state index is 0.579. The Morgan fingerprint density at radius 1 is 1.17 bits per heavy atom. The highest BCUT2D eigenvalue weighted by Gasteiger charge is 2.16. The van der Waals surface area contributed by atoms with E-state index >= 15 is 0 Å². The highest BCUT2D eigenvalue weighted by molar-refractivity contribution is 14.1. The maximum absolute atomic E-state index is 4.14. The average Bonchev–Trinajstić information content (AvgIpc) is 2.70. The van der Waals surface area contributed by atoms with Gasteiger partial charge in [-0.2, -0.15) is 0 Å². The zero-order valence-corrected chi connectivity index (χ0v) is 22.0. The van der Waals surface area contributed by atoms with Crippen LogP contribution in [-0.2, 0) is 0 Å². The van der Waals surface area contributed by atoms with Crippen molar-refractivity contribution in [2.75, 3.05) is 0 Å². The van der Waals surface area contributed by atoms with Crippen molar-refractivity contribution in [2.45, 2.75) is 102 Å². The van der Waals surface area contributed by atoms with Crippen molar-refractivity contribution in [3.63, 3.8) is 0 Å². The lowest BCUT2D eigenvalue weighted by Gasteiger charge is -2.23. The third-order valence-corrected chi connectivity index (χ3v) is 8.49. The second kappa shape index (κ2) is 15.6. The number of rotatable bonds is 16. The maximum atomic E-state index is 4.14. The summed E-state index contributed by atoms with van der Waals surface area (Å²) in [7, 11) is 0. The van der Waals surface area contributed by atoms with Crippen molar-refractivity contribution >= 4 is 22.6 Å². The number of halogens is 1. The molecule has 166 valence electrons. The minimum Gasteiger partial charge on any atom is -0.102 e. The maximum Gasteiger partial charge on any atom is 0.0927 e. The molecule has 1 rings (SSSR count). The minimum absolute atomic E-state index is 0.579. The summed E-state index contributed by atoms with van der Waals surface area (Å²) in [5.74, 6) is 3.82. The summed E-state index contributed by atoms with van der Waals surface area (Å²) in [6.45, 7) is 17.4. The molecule has 6 atom stereocenters. The summed E-state index contributed by atoms with van der Waals surface area (Å²) in [5, 5.41) is 0. The van der Waals surface area contributed by atoms with Gasteiger partial charge in [-0.3, -0.25) is 0 Å². The fraction of sp³-hybridized carbons (Fsp3) is 0.750. The predicted octanol–water partition coefficient (Wildman–Crippen LogP) is 9.76. The molecule has 0 nitrogen and oxygen atoms in total. The lowest BCUT2D eigenvalue weighted by atomic mass is 9.83. The van der Waals surface area contributed by atoms with Gasteiger partial charge in [0.15, 0.2) is 0 Å². The van der Waals surface area contributed by atoms with Crippen LogP contribution in [0.2, 0.25) is 0 Å². The molecule has 0 N–H and O–H groups in total. The van der Waals surface area contributed by atoms with E-state index in [4.69, 9.17) is 0 Å². The lowest BCUT2D eigenvalue weighted by molar-refractivity contribution is 0.363. The fourth-order valence-electron chi connectivity index (χ4n) is 4.67. The van der Waals surface area contributed by atoms with Crippen molar-refractivity contribution in [3.05, 3.63) is 43.4 Å². The van der Waals surface area contributed by atoms with E-state index in [1.807, 2.05) is 0 Å². The van der Waals surface area contributed by atoms with Crippen LogP contribution in [0.3, 0.4) is 0 Å². The number of allylic oxidation sites excluding steroid dienone is 5. The van der Waals surface area contributed by atoms with Gasteiger partial charge in [0.05, 0.1) is 12.8 Å². The largest absolute Gasteiger partial charge is 0.102 e. The topological polar surface area (TPSA) is 0 Å². The van der Waals surface area contributed by atoms with E-state index < -0.39 is 0 Å². The number of alkyl halides is 1. The Morgan fingerprint density at radius 3 is 2.48 bits per heavy atom. The smallest absolute Gasteiger partial charge is 0.0927 e. The van der Waals surface area contributed by atoms with E-state index in [0.717, 1.165) is 23.7 Å². The zero-order chi connectivity index (χ0) is 21.6. The Balaban J connectivity index is 2.21. The van der Waals surface area contributed by atoms with Gasteiger partial charge in [0.25, 0.3) is 0 Å². The summed E-state index contributed by atoms with van der Waals surface area (Å²) < 4.78 is 0.627. The van der Waals surface area contributed by atoms with Crippen LogP contribution >= 0.6 is 22.6 Å². The van der Waals surface area contributed by atoms with Crippen molar-refractivity contribution in [1.29, 1.82) is 0 Å². The van der Waals surface area contributed by atoms with Crippen LogP contribution in [0.4, 0.5) is 0 Å². The molecule has 0 radical (unpaired) electrons. The van der Waals surface area contributed by atoms with E-state index in [9.17, 15) is 0 Å². The number of unbranched alkanes of at least 4 members (excludes halogenated alkanes) is 2. The molecule has 0 aliphatic heterocycles. The molecule has 1 aliphatic carbocycles. The molecule has 0 aromatic carbocycles. The molecule has 0 aromatic heterocycles. The molecule has 0 fully saturated rings. The highest BCUT2D eigenvalue weighted by Crippen LogP contribution is 2.30. The van der Waals surface area contributed by atoms with E-state index in [2.05, 4.69) is 88.1 Å². The summed E-state index contributed by atoms with van der Waals surface area (Å²) >= 11 is 2.52. The van der Waals surface area contributed by atoms with Gasteiger partial charge in [-0.05, 0) is 69.1 Å². The van der Waals surface area contributed by atoms with Gasteiger partial charge in [-0.25, -0.2) is 0 Å². The van der Waals surface area contributed by atoms with E-state index in [1.54, 1.807) is 5.57 Å². The van der Waals surface area contributed by atoms with Crippen LogP contribution in [0, 0.1) is 36.5 Å². The summed E-state index contributed by atoms with van der Waals surface area (Å²) in [4.78, 5) is 0. The molecule has 1 aliphatic rings. The Morgan fingerprint density at radius 2 is 1.90 bits per heavy atom. The molecule has 0 amide bonds. The van der Waals surface area contributed by atoms with Crippen LogP contribution in [0.15, 0.2) is 36.5 Å². The molecule has 0 heterocycles. The van der Waals surface area contributed by atoms with Crippen LogP contribution in [-0.4, -0.2) is 3.92 Å². The highest BCUT2D eigenvalue weighted by atomic mass is 127. The molecule has 29 heavy (non-hydrogen) atoms. The summed E-state index contributed by atoms with van der Waals surface area (Å²) in [5.41, 5.74) is 1.57. The van der Waals surface area contributed by atoms with Crippen molar-refractivity contribution in [3.8, 4) is 0 Å². The standard InChI is InChI=1S/C28H48I/c1-7-25(13-11-9-10-12-24(6)28(29)8-2)21-27-18-16-26(17-19-27)15-14-23(5)20-22(3)4/h8,16-18,22-25,27-28H,2-3,7,9-15,19-21H2,1,4-6H3/q+1. The molecular formula is C28H48I+. The normalized spacial score (nSPS) is 21.8. The monoisotopic (exact) mass is 511 g/mol. The molecule has 0 aromatic rings. The summed E-state index contributed by atoms with van der Waals surface area (Å²) in [6, 6.07) is 0. The van der Waals surface area contributed by atoms with E-state index in [0.29, 0.717) is 9.84 Å². The number of hydrogen-bond acceptors (Lipinski definition) is 0. The van der Waals surface area contributed by atoms with Crippen molar-refractivity contribution in [1.82, 2.24) is 0 Å². The average molecular weight is 512 g/mol. The van der Waals surface area contributed by atoms with Gasteiger partial charge in [0.1, 0.15) is 0 Å². The summed E-state index contributed by atoms with van der Waals surface area (Å²) in [6.07, 6.45) is 24.3. The molecule has 1 heteroatoms. The first-order chi connectivity index (χ1) is 13.8. The Labute approximate surface area is 197 Å². The Hall–Kier alpha value is -0.180. The van der Waals surface area contributed by atoms with E-state index in [-0.39, 0.29) is 0 Å². The van der Waals surface area contributed by atoms with Crippen LogP contribution in [0.25, 0.3) is 0 Å². The Bertz CT molecular complexity index is 487. The second-order valence-corrected chi connectivity index (χ2v) is 11.4. The molecule has 0 bridgehead atoms. The SMILES string of the molecule is C=CC(I)C(C)CCCCCC(CC)CC1C=CC(CCC(C)CC([CH2+])C)=CC1. The van der Waals surface area contributed by atoms with Gasteiger partial charge in [-0.15, -0.1) is 6.58 Å². The van der Waals surface area contributed by atoms with Crippen LogP contribution in [0.5, 0.6) is 0 Å². The van der Waals surface area contributed by atoms with Gasteiger partial charge in [-0.1, -0.05) is 105 Å². The van der Waals surface area contributed by atoms with Gasteiger partial charge >= 0.3 is 0 Å². The van der Waals surface area contributed by atoms with E-state index in [1.165, 1.54) is 70.6 Å². The molecule has 0 saturated carbocycles.